The van der Waals surface area contributed by atoms with Crippen LogP contribution >= 0.6 is 0 Å². The van der Waals surface area contributed by atoms with Crippen LogP contribution in [0, 0.1) is 11.8 Å². The van der Waals surface area contributed by atoms with E-state index in [1.54, 1.807) is 0 Å². The molecule has 3 atom stereocenters. The molecule has 3 unspecified atom stereocenters. The number of likely N-dealkylation sites (tertiary alicyclic amines) is 1. The van der Waals surface area contributed by atoms with Crippen molar-refractivity contribution in [1.82, 2.24) is 9.88 Å². The van der Waals surface area contributed by atoms with E-state index in [9.17, 15) is 5.11 Å². The van der Waals surface area contributed by atoms with Gasteiger partial charge in [-0.15, -0.1) is 0 Å². The van der Waals surface area contributed by atoms with Gasteiger partial charge in [0.25, 0.3) is 0 Å². The van der Waals surface area contributed by atoms with Crippen LogP contribution in [0.2, 0.25) is 0 Å². The molecule has 5 heteroatoms. The van der Waals surface area contributed by atoms with Crippen molar-refractivity contribution >= 4 is 16.8 Å². The van der Waals surface area contributed by atoms with Gasteiger partial charge in [-0.1, -0.05) is 6.07 Å². The lowest BCUT2D eigenvalue weighted by Crippen LogP contribution is -2.24. The van der Waals surface area contributed by atoms with Gasteiger partial charge >= 0.3 is 0 Å². The maximum Gasteiger partial charge on any atom is 0.209 e. The third-order valence-corrected chi connectivity index (χ3v) is 4.75. The minimum absolute atomic E-state index is 0.121. The molecular formula is C15H19N3O2. The Kier molecular flexibility index (Phi) is 2.72. The van der Waals surface area contributed by atoms with Crippen molar-refractivity contribution in [2.24, 2.45) is 11.8 Å². The molecule has 2 aliphatic rings. The minimum atomic E-state index is -0.121. The molecule has 1 aliphatic heterocycles. The van der Waals surface area contributed by atoms with Gasteiger partial charge in [0.15, 0.2) is 5.58 Å². The van der Waals surface area contributed by atoms with Crippen LogP contribution in [0.1, 0.15) is 18.7 Å². The Morgan fingerprint density at radius 3 is 3.05 bits per heavy atom. The Morgan fingerprint density at radius 2 is 2.25 bits per heavy atom. The van der Waals surface area contributed by atoms with E-state index < -0.39 is 0 Å². The lowest BCUT2D eigenvalue weighted by molar-refractivity contribution is 0.122. The van der Waals surface area contributed by atoms with Crippen LogP contribution in [0.4, 0.5) is 5.69 Å². The van der Waals surface area contributed by atoms with Crippen LogP contribution < -0.4 is 5.73 Å². The van der Waals surface area contributed by atoms with Crippen LogP contribution in [-0.2, 0) is 6.54 Å². The molecule has 1 aliphatic carbocycles. The highest BCUT2D eigenvalue weighted by Gasteiger charge is 2.41. The zero-order chi connectivity index (χ0) is 13.7. The first-order valence-corrected chi connectivity index (χ1v) is 7.25. The number of aromatic nitrogens is 1. The number of aliphatic hydroxyl groups excluding tert-OH is 1. The van der Waals surface area contributed by atoms with E-state index in [1.807, 2.05) is 18.2 Å². The minimum Gasteiger partial charge on any atom is -0.439 e. The highest BCUT2D eigenvalue weighted by Crippen LogP contribution is 2.38. The van der Waals surface area contributed by atoms with Gasteiger partial charge in [0, 0.05) is 19.0 Å². The number of nitrogen functional groups attached to an aromatic ring is 1. The number of anilines is 1. The molecule has 0 amide bonds. The van der Waals surface area contributed by atoms with Gasteiger partial charge in [0.1, 0.15) is 5.52 Å². The molecular weight excluding hydrogens is 254 g/mol. The van der Waals surface area contributed by atoms with Crippen molar-refractivity contribution in [3.8, 4) is 0 Å². The van der Waals surface area contributed by atoms with Crippen LogP contribution in [0.3, 0.4) is 0 Å². The second kappa shape index (κ2) is 4.46. The van der Waals surface area contributed by atoms with Crippen LogP contribution in [0.5, 0.6) is 0 Å². The van der Waals surface area contributed by atoms with Crippen molar-refractivity contribution in [1.29, 1.82) is 0 Å². The fraction of sp³-hybridized carbons (Fsp3) is 0.533. The Morgan fingerprint density at radius 1 is 1.35 bits per heavy atom. The van der Waals surface area contributed by atoms with Crippen molar-refractivity contribution in [3.05, 3.63) is 24.1 Å². The third kappa shape index (κ3) is 1.89. The van der Waals surface area contributed by atoms with Crippen LogP contribution in [0.15, 0.2) is 22.6 Å². The quantitative estimate of drug-likeness (QED) is 0.813. The Hall–Kier alpha value is -1.59. The molecule has 4 rings (SSSR count). The topological polar surface area (TPSA) is 75.5 Å². The first-order valence-electron chi connectivity index (χ1n) is 7.25. The number of fused-ring (bicyclic) bond motifs is 2. The van der Waals surface area contributed by atoms with Gasteiger partial charge in [0.2, 0.25) is 5.89 Å². The fourth-order valence-corrected chi connectivity index (χ4v) is 3.73. The molecule has 20 heavy (non-hydrogen) atoms. The molecule has 106 valence electrons. The summed E-state index contributed by atoms with van der Waals surface area (Å²) in [6.07, 6.45) is 1.98. The Bertz CT molecular complexity index is 639. The predicted molar refractivity (Wildman–Crippen MR) is 75.9 cm³/mol. The fourth-order valence-electron chi connectivity index (χ4n) is 3.73. The summed E-state index contributed by atoms with van der Waals surface area (Å²) in [5, 5.41) is 9.95. The number of hydrogen-bond donors (Lipinski definition) is 2. The number of benzene rings is 1. The van der Waals surface area contributed by atoms with Crippen molar-refractivity contribution in [3.63, 3.8) is 0 Å². The van der Waals surface area contributed by atoms with Gasteiger partial charge in [-0.3, -0.25) is 4.90 Å². The molecule has 3 N–H and O–H groups in total. The first kappa shape index (κ1) is 12.2. The summed E-state index contributed by atoms with van der Waals surface area (Å²) >= 11 is 0. The summed E-state index contributed by atoms with van der Waals surface area (Å²) in [5.74, 6) is 1.79. The normalized spacial score (nSPS) is 30.1. The van der Waals surface area contributed by atoms with E-state index in [1.165, 1.54) is 0 Å². The highest BCUT2D eigenvalue weighted by atomic mass is 16.3. The Labute approximate surface area is 117 Å². The summed E-state index contributed by atoms with van der Waals surface area (Å²) < 4.78 is 5.76. The molecule has 0 spiro atoms. The monoisotopic (exact) mass is 273 g/mol. The lowest BCUT2D eigenvalue weighted by atomic mass is 10.00. The predicted octanol–water partition coefficient (Wildman–Crippen LogP) is 1.61. The van der Waals surface area contributed by atoms with Crippen molar-refractivity contribution in [2.45, 2.75) is 25.5 Å². The second-order valence-corrected chi connectivity index (χ2v) is 6.06. The molecule has 1 aromatic carbocycles. The molecule has 2 fully saturated rings. The van der Waals surface area contributed by atoms with Crippen LogP contribution in [0.25, 0.3) is 11.1 Å². The molecule has 1 saturated heterocycles. The number of para-hydroxylation sites is 1. The number of hydrogen-bond acceptors (Lipinski definition) is 5. The molecule has 2 aromatic rings. The number of nitrogens with zero attached hydrogens (tertiary/aromatic N) is 2. The van der Waals surface area contributed by atoms with E-state index in [-0.39, 0.29) is 6.10 Å². The Balaban J connectivity index is 1.53. The highest BCUT2D eigenvalue weighted by molar-refractivity contribution is 5.85. The summed E-state index contributed by atoms with van der Waals surface area (Å²) in [5.41, 5.74) is 8.06. The second-order valence-electron chi connectivity index (χ2n) is 6.06. The smallest absolute Gasteiger partial charge is 0.209 e. The largest absolute Gasteiger partial charge is 0.439 e. The summed E-state index contributed by atoms with van der Waals surface area (Å²) in [6.45, 7) is 2.68. The summed E-state index contributed by atoms with van der Waals surface area (Å²) in [7, 11) is 0. The maximum absolute atomic E-state index is 9.95. The lowest BCUT2D eigenvalue weighted by Gasteiger charge is -2.15. The summed E-state index contributed by atoms with van der Waals surface area (Å²) in [4.78, 5) is 6.82. The van der Waals surface area contributed by atoms with Crippen molar-refractivity contribution in [2.75, 3.05) is 18.8 Å². The number of nitrogens with two attached hydrogens (primary N) is 1. The van der Waals surface area contributed by atoms with E-state index >= 15 is 0 Å². The molecule has 0 radical (unpaired) electrons. The summed E-state index contributed by atoms with van der Waals surface area (Å²) in [6, 6.07) is 5.61. The van der Waals surface area contributed by atoms with Crippen molar-refractivity contribution < 1.29 is 9.52 Å². The molecule has 0 bridgehead atoms. The van der Waals surface area contributed by atoms with E-state index in [2.05, 4.69) is 9.88 Å². The van der Waals surface area contributed by atoms with E-state index in [0.717, 1.165) is 37.0 Å². The van der Waals surface area contributed by atoms with Gasteiger partial charge in [-0.05, 0) is 30.9 Å². The molecule has 2 heterocycles. The zero-order valence-corrected chi connectivity index (χ0v) is 11.3. The molecule has 1 aromatic heterocycles. The average Bonchev–Trinajstić information content (AvgIpc) is 3.07. The number of aliphatic hydroxyl groups is 1. The van der Waals surface area contributed by atoms with Gasteiger partial charge in [0.05, 0.1) is 18.3 Å². The van der Waals surface area contributed by atoms with Crippen LogP contribution in [-0.4, -0.2) is 34.2 Å². The number of rotatable bonds is 2. The zero-order valence-electron chi connectivity index (χ0n) is 11.3. The maximum atomic E-state index is 9.95. The SMILES string of the molecule is Nc1cccc2oc(CN3CC4CCC(O)C4C3)nc12. The third-order valence-electron chi connectivity index (χ3n) is 4.75. The molecule has 1 saturated carbocycles. The number of oxazole rings is 1. The van der Waals surface area contributed by atoms with Gasteiger partial charge in [-0.2, -0.15) is 0 Å². The van der Waals surface area contributed by atoms with Gasteiger partial charge < -0.3 is 15.3 Å². The molecule has 5 nitrogen and oxygen atoms in total. The first-order chi connectivity index (χ1) is 9.70. The van der Waals surface area contributed by atoms with E-state index in [4.69, 9.17) is 10.2 Å². The van der Waals surface area contributed by atoms with E-state index in [0.29, 0.717) is 30.0 Å². The standard InChI is InChI=1S/C15H19N3O2/c16-11-2-1-3-13-15(11)17-14(20-13)8-18-6-9-4-5-12(19)10(9)7-18/h1-3,9-10,12,19H,4-8,16H2. The average molecular weight is 273 g/mol. The van der Waals surface area contributed by atoms with Gasteiger partial charge in [-0.25, -0.2) is 4.98 Å².